The molecule has 0 saturated carbocycles. The van der Waals surface area contributed by atoms with Crippen molar-refractivity contribution >= 4 is 23.0 Å². The van der Waals surface area contributed by atoms with Crippen molar-refractivity contribution in [1.82, 2.24) is 5.01 Å². The molecule has 0 aliphatic carbocycles. The predicted molar refractivity (Wildman–Crippen MR) is 78.9 cm³/mol. The Morgan fingerprint density at radius 3 is 2.85 bits per heavy atom. The van der Waals surface area contributed by atoms with Crippen LogP contribution in [0.5, 0.6) is 0 Å². The van der Waals surface area contributed by atoms with Gasteiger partial charge in [0.1, 0.15) is 5.76 Å². The Morgan fingerprint density at radius 2 is 2.30 bits per heavy atom. The first-order chi connectivity index (χ1) is 9.58. The monoisotopic (exact) mass is 288 g/mol. The van der Waals surface area contributed by atoms with Crippen molar-refractivity contribution in [3.05, 3.63) is 45.5 Å². The summed E-state index contributed by atoms with van der Waals surface area (Å²) in [4.78, 5) is 13.0. The molecule has 2 aromatic rings. The number of carbonyl (C=O) groups is 1. The van der Waals surface area contributed by atoms with Crippen LogP contribution in [0.15, 0.2) is 33.3 Å². The minimum absolute atomic E-state index is 0.0104. The molecule has 20 heavy (non-hydrogen) atoms. The maximum atomic E-state index is 11.8. The van der Waals surface area contributed by atoms with E-state index in [1.807, 2.05) is 25.3 Å². The average molecular weight is 288 g/mol. The number of aryl methyl sites for hydroxylation is 2. The van der Waals surface area contributed by atoms with Crippen molar-refractivity contribution in [2.24, 2.45) is 5.10 Å². The van der Waals surface area contributed by atoms with E-state index < -0.39 is 0 Å². The summed E-state index contributed by atoms with van der Waals surface area (Å²) >= 11 is 1.66. The van der Waals surface area contributed by atoms with Crippen LogP contribution in [0.3, 0.4) is 0 Å². The van der Waals surface area contributed by atoms with Gasteiger partial charge in [-0.15, -0.1) is 11.3 Å². The van der Waals surface area contributed by atoms with E-state index >= 15 is 0 Å². The molecule has 1 aliphatic heterocycles. The van der Waals surface area contributed by atoms with E-state index in [-0.39, 0.29) is 11.9 Å². The predicted octanol–water partition coefficient (Wildman–Crippen LogP) is 3.66. The summed E-state index contributed by atoms with van der Waals surface area (Å²) in [6, 6.07) is 4.07. The van der Waals surface area contributed by atoms with E-state index in [0.717, 1.165) is 33.9 Å². The van der Waals surface area contributed by atoms with Gasteiger partial charge in [0.25, 0.3) is 0 Å². The maximum Gasteiger partial charge on any atom is 0.240 e. The molecule has 0 radical (unpaired) electrons. The highest BCUT2D eigenvalue weighted by molar-refractivity contribution is 7.10. The zero-order chi connectivity index (χ0) is 14.3. The van der Waals surface area contributed by atoms with Gasteiger partial charge >= 0.3 is 0 Å². The summed E-state index contributed by atoms with van der Waals surface area (Å²) < 4.78 is 5.45. The smallest absolute Gasteiger partial charge is 0.240 e. The minimum Gasteiger partial charge on any atom is -0.469 e. The van der Waals surface area contributed by atoms with Crippen molar-refractivity contribution in [1.29, 1.82) is 0 Å². The lowest BCUT2D eigenvalue weighted by Crippen LogP contribution is -2.23. The number of hydrazone groups is 1. The van der Waals surface area contributed by atoms with Gasteiger partial charge < -0.3 is 4.42 Å². The zero-order valence-electron chi connectivity index (χ0n) is 11.7. The largest absolute Gasteiger partial charge is 0.469 e. The molecule has 3 rings (SSSR count). The zero-order valence-corrected chi connectivity index (χ0v) is 12.5. The molecule has 0 spiro atoms. The lowest BCUT2D eigenvalue weighted by atomic mass is 10.0. The van der Waals surface area contributed by atoms with Crippen molar-refractivity contribution in [2.75, 3.05) is 0 Å². The van der Waals surface area contributed by atoms with Crippen LogP contribution < -0.4 is 0 Å². The first-order valence-corrected chi connectivity index (χ1v) is 7.41. The van der Waals surface area contributed by atoms with Crippen molar-refractivity contribution in [3.63, 3.8) is 0 Å². The molecular formula is C15H16N2O2S. The Labute approximate surface area is 121 Å². The van der Waals surface area contributed by atoms with Gasteiger partial charge in [-0.1, -0.05) is 6.07 Å². The number of amides is 1. The highest BCUT2D eigenvalue weighted by Gasteiger charge is 2.33. The fourth-order valence-corrected chi connectivity index (χ4v) is 3.47. The van der Waals surface area contributed by atoms with Gasteiger partial charge in [-0.3, -0.25) is 4.79 Å². The Hall–Kier alpha value is -1.88. The van der Waals surface area contributed by atoms with Gasteiger partial charge in [-0.2, -0.15) is 5.10 Å². The second kappa shape index (κ2) is 4.90. The van der Waals surface area contributed by atoms with Gasteiger partial charge in [0.2, 0.25) is 5.91 Å². The van der Waals surface area contributed by atoms with Gasteiger partial charge in [-0.05, 0) is 30.9 Å². The van der Waals surface area contributed by atoms with Crippen LogP contribution >= 0.6 is 11.3 Å². The van der Waals surface area contributed by atoms with E-state index in [2.05, 4.69) is 11.2 Å². The van der Waals surface area contributed by atoms with Gasteiger partial charge in [0.15, 0.2) is 0 Å². The van der Waals surface area contributed by atoms with Crippen LogP contribution in [0.4, 0.5) is 0 Å². The van der Waals surface area contributed by atoms with E-state index in [0.29, 0.717) is 0 Å². The molecule has 2 aromatic heterocycles. The number of rotatable bonds is 2. The van der Waals surface area contributed by atoms with Crippen LogP contribution in [0, 0.1) is 13.8 Å². The van der Waals surface area contributed by atoms with E-state index in [4.69, 9.17) is 4.42 Å². The van der Waals surface area contributed by atoms with E-state index in [1.54, 1.807) is 29.5 Å². The molecule has 4 nitrogen and oxygen atoms in total. The number of hydrogen-bond acceptors (Lipinski definition) is 4. The van der Waals surface area contributed by atoms with Crippen molar-refractivity contribution in [2.45, 2.75) is 33.2 Å². The van der Waals surface area contributed by atoms with Gasteiger partial charge in [-0.25, -0.2) is 5.01 Å². The number of hydrogen-bond donors (Lipinski definition) is 0. The van der Waals surface area contributed by atoms with Crippen LogP contribution in [0.2, 0.25) is 0 Å². The van der Waals surface area contributed by atoms with E-state index in [9.17, 15) is 4.79 Å². The lowest BCUT2D eigenvalue weighted by molar-refractivity contribution is -0.130. The topological polar surface area (TPSA) is 45.8 Å². The number of furan rings is 1. The normalized spacial score (nSPS) is 18.4. The Morgan fingerprint density at radius 1 is 1.50 bits per heavy atom. The van der Waals surface area contributed by atoms with Crippen LogP contribution in [-0.4, -0.2) is 16.6 Å². The minimum atomic E-state index is -0.0304. The molecule has 5 heteroatoms. The first kappa shape index (κ1) is 13.1. The number of thiophene rings is 1. The Bertz CT molecular complexity index is 651. The fraction of sp³-hybridized carbons (Fsp3) is 0.333. The summed E-state index contributed by atoms with van der Waals surface area (Å²) in [6.07, 6.45) is 2.48. The molecule has 0 fully saturated rings. The Kier molecular flexibility index (Phi) is 3.22. The molecule has 3 heterocycles. The lowest BCUT2D eigenvalue weighted by Gasteiger charge is -2.18. The SMILES string of the molecule is CC(=O)N1N=C(c2c(C)coc2C)C[C@H]1c1cccs1. The molecule has 0 N–H and O–H groups in total. The van der Waals surface area contributed by atoms with Gasteiger partial charge in [0, 0.05) is 23.8 Å². The highest BCUT2D eigenvalue weighted by Crippen LogP contribution is 2.36. The highest BCUT2D eigenvalue weighted by atomic mass is 32.1. The third-order valence-electron chi connectivity index (χ3n) is 3.55. The molecular weight excluding hydrogens is 272 g/mol. The quantitative estimate of drug-likeness (QED) is 0.846. The third-order valence-corrected chi connectivity index (χ3v) is 4.53. The molecule has 0 bridgehead atoms. The van der Waals surface area contributed by atoms with Crippen LogP contribution in [0.1, 0.15) is 41.2 Å². The summed E-state index contributed by atoms with van der Waals surface area (Å²) in [5.74, 6) is 0.828. The van der Waals surface area contributed by atoms with Gasteiger partial charge in [0.05, 0.1) is 18.0 Å². The third kappa shape index (κ3) is 2.08. The van der Waals surface area contributed by atoms with E-state index in [1.165, 1.54) is 0 Å². The average Bonchev–Trinajstić information content (AvgIpc) is 3.08. The second-order valence-corrected chi connectivity index (χ2v) is 5.97. The fourth-order valence-electron chi connectivity index (χ4n) is 2.66. The van der Waals surface area contributed by atoms with Crippen LogP contribution in [0.25, 0.3) is 0 Å². The standard InChI is InChI=1S/C15H16N2O2S/c1-9-8-19-10(2)15(9)12-7-13(14-5-4-6-20-14)17(16-12)11(3)18/h4-6,8,13H,7H2,1-3H3/t13-/m0/s1. The summed E-state index contributed by atoms with van der Waals surface area (Å²) in [5, 5.41) is 8.15. The van der Waals surface area contributed by atoms with Crippen LogP contribution in [-0.2, 0) is 4.79 Å². The second-order valence-electron chi connectivity index (χ2n) is 5.00. The Balaban J connectivity index is 1.99. The summed E-state index contributed by atoms with van der Waals surface area (Å²) in [7, 11) is 0. The number of carbonyl (C=O) groups excluding carboxylic acids is 1. The molecule has 1 aliphatic rings. The molecule has 104 valence electrons. The summed E-state index contributed by atoms with van der Waals surface area (Å²) in [6.45, 7) is 5.49. The molecule has 0 saturated heterocycles. The maximum absolute atomic E-state index is 11.8. The molecule has 1 amide bonds. The number of nitrogens with zero attached hydrogens (tertiary/aromatic N) is 2. The first-order valence-electron chi connectivity index (χ1n) is 6.53. The van der Waals surface area contributed by atoms with Crippen molar-refractivity contribution < 1.29 is 9.21 Å². The molecule has 0 aromatic carbocycles. The summed E-state index contributed by atoms with van der Waals surface area (Å²) in [5.41, 5.74) is 3.04. The molecule has 0 unspecified atom stereocenters. The van der Waals surface area contributed by atoms with Crippen molar-refractivity contribution in [3.8, 4) is 0 Å². The molecule has 1 atom stereocenters.